The summed E-state index contributed by atoms with van der Waals surface area (Å²) in [5.74, 6) is 0. The van der Waals surface area contributed by atoms with Crippen molar-refractivity contribution in [2.45, 2.75) is 13.1 Å². The van der Waals surface area contributed by atoms with E-state index in [-0.39, 0.29) is 0 Å². The van der Waals surface area contributed by atoms with Crippen LogP contribution in [-0.2, 0) is 10.9 Å². The van der Waals surface area contributed by atoms with Crippen LogP contribution in [0.15, 0.2) is 30.3 Å². The third kappa shape index (κ3) is 3.14. The number of hydrogen-bond donors (Lipinski definition) is 0. The van der Waals surface area contributed by atoms with Crippen molar-refractivity contribution in [2.75, 3.05) is 7.11 Å². The fourth-order valence-corrected chi connectivity index (χ4v) is 1.01. The lowest BCUT2D eigenvalue weighted by Gasteiger charge is -2.05. The predicted octanol–water partition coefficient (Wildman–Crippen LogP) is 3.26. The molecule has 1 aromatic rings. The third-order valence-electron chi connectivity index (χ3n) is 1.88. The van der Waals surface area contributed by atoms with Crippen molar-refractivity contribution in [1.29, 1.82) is 0 Å². The lowest BCUT2D eigenvalue weighted by Crippen LogP contribution is -2.07. The second kappa shape index (κ2) is 4.86. The van der Waals surface area contributed by atoms with Crippen molar-refractivity contribution in [1.82, 2.24) is 4.98 Å². The SMILES string of the molecule is COC=C=C(C)c1ccc(C(F)(F)F)nc1. The van der Waals surface area contributed by atoms with E-state index < -0.39 is 11.9 Å². The minimum absolute atomic E-state index is 0.571. The van der Waals surface area contributed by atoms with Gasteiger partial charge < -0.3 is 4.74 Å². The van der Waals surface area contributed by atoms with Crippen molar-refractivity contribution in [3.8, 4) is 0 Å². The first kappa shape index (κ1) is 12.3. The molecular weight excluding hydrogens is 219 g/mol. The fraction of sp³-hybridized carbons (Fsp3) is 0.273. The molecule has 0 saturated carbocycles. The monoisotopic (exact) mass is 229 g/mol. The molecule has 0 aliphatic heterocycles. The minimum atomic E-state index is -4.40. The maximum atomic E-state index is 12.2. The summed E-state index contributed by atoms with van der Waals surface area (Å²) in [5, 5.41) is 0. The number of pyridine rings is 1. The molecule has 0 unspecified atom stereocenters. The molecule has 0 saturated heterocycles. The van der Waals surface area contributed by atoms with Gasteiger partial charge in [-0.2, -0.15) is 13.2 Å². The molecule has 2 nitrogen and oxygen atoms in total. The number of methoxy groups -OCH3 is 1. The molecule has 5 heteroatoms. The van der Waals surface area contributed by atoms with Gasteiger partial charge in [-0.15, -0.1) is 0 Å². The Labute approximate surface area is 91.1 Å². The summed E-state index contributed by atoms with van der Waals surface area (Å²) in [6.07, 6.45) is -1.92. The maximum Gasteiger partial charge on any atom is 0.433 e. The Hall–Kier alpha value is -1.74. The number of ether oxygens (including phenoxy) is 1. The molecule has 0 amide bonds. The second-order valence-corrected chi connectivity index (χ2v) is 3.05. The lowest BCUT2D eigenvalue weighted by molar-refractivity contribution is -0.141. The van der Waals surface area contributed by atoms with Gasteiger partial charge in [-0.25, -0.2) is 0 Å². The van der Waals surface area contributed by atoms with Crippen LogP contribution >= 0.6 is 0 Å². The van der Waals surface area contributed by atoms with E-state index in [0.717, 1.165) is 12.3 Å². The normalized spacial score (nSPS) is 10.6. The number of halogens is 3. The van der Waals surface area contributed by atoms with E-state index in [0.29, 0.717) is 11.1 Å². The summed E-state index contributed by atoms with van der Waals surface area (Å²) in [6.45, 7) is 1.71. The first-order chi connectivity index (χ1) is 7.45. The first-order valence-electron chi connectivity index (χ1n) is 4.43. The van der Waals surface area contributed by atoms with Crippen LogP contribution in [0, 0.1) is 0 Å². The molecule has 0 bridgehead atoms. The Balaban J connectivity index is 3.00. The van der Waals surface area contributed by atoms with Crippen LogP contribution in [0.3, 0.4) is 0 Å². The van der Waals surface area contributed by atoms with E-state index in [9.17, 15) is 13.2 Å². The summed E-state index contributed by atoms with van der Waals surface area (Å²) in [6, 6.07) is 2.29. The van der Waals surface area contributed by atoms with E-state index in [1.54, 1.807) is 6.92 Å². The number of allylic oxidation sites excluding steroid dienone is 1. The van der Waals surface area contributed by atoms with Crippen LogP contribution in [0.5, 0.6) is 0 Å². The van der Waals surface area contributed by atoms with E-state index in [2.05, 4.69) is 15.5 Å². The van der Waals surface area contributed by atoms with E-state index in [1.807, 2.05) is 0 Å². The van der Waals surface area contributed by atoms with E-state index in [4.69, 9.17) is 0 Å². The minimum Gasteiger partial charge on any atom is -0.496 e. The second-order valence-electron chi connectivity index (χ2n) is 3.05. The highest BCUT2D eigenvalue weighted by Gasteiger charge is 2.31. The number of alkyl halides is 3. The Kier molecular flexibility index (Phi) is 3.74. The molecule has 86 valence electrons. The van der Waals surface area contributed by atoms with Crippen molar-refractivity contribution in [3.63, 3.8) is 0 Å². The van der Waals surface area contributed by atoms with Gasteiger partial charge in [-0.05, 0) is 13.0 Å². The van der Waals surface area contributed by atoms with Gasteiger partial charge in [0.25, 0.3) is 0 Å². The van der Waals surface area contributed by atoms with Gasteiger partial charge >= 0.3 is 6.18 Å². The number of rotatable bonds is 2. The highest BCUT2D eigenvalue weighted by molar-refractivity contribution is 5.62. The van der Waals surface area contributed by atoms with Crippen molar-refractivity contribution < 1.29 is 17.9 Å². The molecule has 0 aliphatic rings. The highest BCUT2D eigenvalue weighted by Crippen LogP contribution is 2.27. The molecule has 1 aromatic heterocycles. The van der Waals surface area contributed by atoms with Gasteiger partial charge in [0, 0.05) is 17.3 Å². The molecule has 0 radical (unpaired) electrons. The van der Waals surface area contributed by atoms with E-state index >= 15 is 0 Å². The van der Waals surface area contributed by atoms with Crippen LogP contribution in [0.4, 0.5) is 13.2 Å². The van der Waals surface area contributed by atoms with Crippen molar-refractivity contribution in [2.24, 2.45) is 0 Å². The van der Waals surface area contributed by atoms with Gasteiger partial charge in [0.1, 0.15) is 12.0 Å². The summed E-state index contributed by atoms with van der Waals surface area (Å²) >= 11 is 0. The lowest BCUT2D eigenvalue weighted by atomic mass is 10.1. The van der Waals surface area contributed by atoms with E-state index in [1.165, 1.54) is 19.4 Å². The zero-order valence-electron chi connectivity index (χ0n) is 8.80. The van der Waals surface area contributed by atoms with Gasteiger partial charge in [0.15, 0.2) is 0 Å². The van der Waals surface area contributed by atoms with Gasteiger partial charge in [0.05, 0.1) is 7.11 Å². The first-order valence-corrected chi connectivity index (χ1v) is 4.43. The number of hydrogen-bond acceptors (Lipinski definition) is 2. The van der Waals surface area contributed by atoms with Crippen LogP contribution < -0.4 is 0 Å². The molecule has 1 rings (SSSR count). The predicted molar refractivity (Wildman–Crippen MR) is 53.4 cm³/mol. The standard InChI is InChI=1S/C11H10F3NO/c1-8(5-6-16-2)9-3-4-10(15-7-9)11(12,13)14/h3-4,6-7H,1-2H3. The van der Waals surface area contributed by atoms with Gasteiger partial charge in [0.2, 0.25) is 0 Å². The Morgan fingerprint density at radius 3 is 2.56 bits per heavy atom. The van der Waals surface area contributed by atoms with Crippen LogP contribution in [0.25, 0.3) is 5.57 Å². The molecular formula is C11H10F3NO. The molecule has 0 aromatic carbocycles. The van der Waals surface area contributed by atoms with Gasteiger partial charge in [-0.1, -0.05) is 11.8 Å². The molecule has 0 N–H and O–H groups in total. The largest absolute Gasteiger partial charge is 0.496 e. The average Bonchev–Trinajstić information content (AvgIpc) is 2.25. The molecule has 0 spiro atoms. The number of aromatic nitrogens is 1. The summed E-state index contributed by atoms with van der Waals surface area (Å²) in [4.78, 5) is 3.34. The summed E-state index contributed by atoms with van der Waals surface area (Å²) < 4.78 is 41.3. The summed E-state index contributed by atoms with van der Waals surface area (Å²) in [7, 11) is 1.46. The number of nitrogens with zero attached hydrogens (tertiary/aromatic N) is 1. The van der Waals surface area contributed by atoms with Crippen LogP contribution in [0.1, 0.15) is 18.2 Å². The fourth-order valence-electron chi connectivity index (χ4n) is 1.01. The van der Waals surface area contributed by atoms with Crippen LogP contribution in [0.2, 0.25) is 0 Å². The maximum absolute atomic E-state index is 12.2. The van der Waals surface area contributed by atoms with Gasteiger partial charge in [-0.3, -0.25) is 4.98 Å². The Morgan fingerprint density at radius 1 is 1.44 bits per heavy atom. The quantitative estimate of drug-likeness (QED) is 0.573. The molecule has 1 heterocycles. The smallest absolute Gasteiger partial charge is 0.433 e. The van der Waals surface area contributed by atoms with Crippen LogP contribution in [-0.4, -0.2) is 12.1 Å². The molecule has 0 atom stereocenters. The summed E-state index contributed by atoms with van der Waals surface area (Å²) in [5.41, 5.74) is 3.08. The topological polar surface area (TPSA) is 22.1 Å². The highest BCUT2D eigenvalue weighted by atomic mass is 19.4. The van der Waals surface area contributed by atoms with Crippen molar-refractivity contribution >= 4 is 5.57 Å². The molecule has 0 fully saturated rings. The zero-order chi connectivity index (χ0) is 12.2. The molecule has 16 heavy (non-hydrogen) atoms. The third-order valence-corrected chi connectivity index (χ3v) is 1.88. The van der Waals surface area contributed by atoms with Crippen molar-refractivity contribution in [3.05, 3.63) is 41.6 Å². The molecule has 0 aliphatic carbocycles. The Morgan fingerprint density at radius 2 is 2.12 bits per heavy atom. The average molecular weight is 229 g/mol. The Bertz CT molecular complexity index is 414. The zero-order valence-corrected chi connectivity index (χ0v) is 8.80.